The van der Waals surface area contributed by atoms with Crippen LogP contribution in [0.15, 0.2) is 96.6 Å². The van der Waals surface area contributed by atoms with Gasteiger partial charge in [-0.25, -0.2) is 4.79 Å². The Bertz CT molecular complexity index is 1210. The molecule has 2 aliphatic rings. The fourth-order valence-corrected chi connectivity index (χ4v) is 6.07. The van der Waals surface area contributed by atoms with E-state index in [9.17, 15) is 4.79 Å². The van der Waals surface area contributed by atoms with Gasteiger partial charge < -0.3 is 9.47 Å². The summed E-state index contributed by atoms with van der Waals surface area (Å²) in [6.07, 6.45) is 3.31. The van der Waals surface area contributed by atoms with Gasteiger partial charge in [-0.05, 0) is 62.8 Å². The molecule has 3 aromatic rings. The monoisotopic (exact) mass is 524 g/mol. The fraction of sp³-hybridized carbons (Fsp3) is 0.382. The van der Waals surface area contributed by atoms with Crippen LogP contribution in [0.4, 0.5) is 4.79 Å². The van der Waals surface area contributed by atoms with E-state index >= 15 is 0 Å². The third-order valence-electron chi connectivity index (χ3n) is 7.84. The summed E-state index contributed by atoms with van der Waals surface area (Å²) in [5.74, 6) is 0. The van der Waals surface area contributed by atoms with Crippen LogP contribution in [0.3, 0.4) is 0 Å². The zero-order valence-corrected chi connectivity index (χ0v) is 23.5. The lowest BCUT2D eigenvalue weighted by Crippen LogP contribution is -2.53. The molecule has 5 nitrogen and oxygen atoms in total. The van der Waals surface area contributed by atoms with Crippen LogP contribution in [-0.4, -0.2) is 45.9 Å². The van der Waals surface area contributed by atoms with Crippen molar-refractivity contribution in [3.63, 3.8) is 0 Å². The molecule has 2 fully saturated rings. The summed E-state index contributed by atoms with van der Waals surface area (Å²) < 4.78 is 12.3. The van der Waals surface area contributed by atoms with Crippen LogP contribution in [0.25, 0.3) is 6.08 Å². The van der Waals surface area contributed by atoms with E-state index in [0.717, 1.165) is 37.1 Å². The van der Waals surface area contributed by atoms with Crippen LogP contribution in [-0.2, 0) is 22.6 Å². The zero-order chi connectivity index (χ0) is 27.5. The first-order valence-corrected chi connectivity index (χ1v) is 14.0. The van der Waals surface area contributed by atoms with Gasteiger partial charge in [-0.1, -0.05) is 97.1 Å². The molecule has 1 heterocycles. The second-order valence-corrected chi connectivity index (χ2v) is 11.8. The van der Waals surface area contributed by atoms with Gasteiger partial charge in [0, 0.05) is 19.1 Å². The highest BCUT2D eigenvalue weighted by atomic mass is 16.6. The molecule has 1 saturated carbocycles. The second-order valence-electron chi connectivity index (χ2n) is 11.8. The summed E-state index contributed by atoms with van der Waals surface area (Å²) in [6.45, 7) is 10.0. The van der Waals surface area contributed by atoms with Crippen molar-refractivity contribution in [1.29, 1.82) is 0 Å². The third kappa shape index (κ3) is 6.26. The van der Waals surface area contributed by atoms with Crippen molar-refractivity contribution >= 4 is 12.2 Å². The maximum atomic E-state index is 13.7. The number of rotatable bonds is 7. The first kappa shape index (κ1) is 27.2. The smallest absolute Gasteiger partial charge is 0.413 e. The Morgan fingerprint density at radius 3 is 1.92 bits per heavy atom. The van der Waals surface area contributed by atoms with Gasteiger partial charge in [-0.3, -0.25) is 9.80 Å². The molecule has 0 aromatic heterocycles. The summed E-state index contributed by atoms with van der Waals surface area (Å²) in [5.41, 5.74) is 3.65. The van der Waals surface area contributed by atoms with Gasteiger partial charge in [0.1, 0.15) is 11.8 Å². The van der Waals surface area contributed by atoms with Crippen LogP contribution in [0.2, 0.25) is 0 Å². The van der Waals surface area contributed by atoms with Crippen molar-refractivity contribution in [3.8, 4) is 0 Å². The number of carbonyl (C=O) groups excluding carboxylic acids is 1. The van der Waals surface area contributed by atoms with Gasteiger partial charge in [0.15, 0.2) is 0 Å². The standard InChI is InChI=1S/C34H40N2O3/c1-33(2)25-38-34(3,4)36(33)32(37)39-31-21-20-30(29(31)22-26-14-8-5-9-15-26)35(23-27-16-10-6-11-17-27)24-28-18-12-7-13-19-28/h5-19,22,30-31H,20-21,23-25H2,1-4H3/b29-22-/t30-,31+/m0/s1. The maximum Gasteiger partial charge on any atom is 0.413 e. The van der Waals surface area contributed by atoms with Crippen molar-refractivity contribution in [3.05, 3.63) is 113 Å². The highest BCUT2D eigenvalue weighted by Crippen LogP contribution is 2.39. The highest BCUT2D eigenvalue weighted by molar-refractivity contribution is 5.71. The van der Waals surface area contributed by atoms with E-state index in [1.165, 1.54) is 11.1 Å². The van der Waals surface area contributed by atoms with E-state index in [-0.39, 0.29) is 18.2 Å². The molecular formula is C34H40N2O3. The van der Waals surface area contributed by atoms with Gasteiger partial charge in [0.25, 0.3) is 0 Å². The predicted octanol–water partition coefficient (Wildman–Crippen LogP) is 7.29. The molecule has 0 radical (unpaired) electrons. The number of nitrogens with zero attached hydrogens (tertiary/aromatic N) is 2. The summed E-state index contributed by atoms with van der Waals surface area (Å²) >= 11 is 0. The molecule has 1 aliphatic carbocycles. The molecule has 0 spiro atoms. The highest BCUT2D eigenvalue weighted by Gasteiger charge is 2.50. The van der Waals surface area contributed by atoms with Gasteiger partial charge in [0.05, 0.1) is 12.1 Å². The molecule has 0 N–H and O–H groups in total. The van der Waals surface area contributed by atoms with E-state index in [1.807, 2.05) is 33.8 Å². The Kier molecular flexibility index (Phi) is 7.92. The summed E-state index contributed by atoms with van der Waals surface area (Å²) in [4.78, 5) is 18.0. The van der Waals surface area contributed by atoms with E-state index in [0.29, 0.717) is 6.61 Å². The lowest BCUT2D eigenvalue weighted by Gasteiger charge is -2.37. The lowest BCUT2D eigenvalue weighted by molar-refractivity contribution is -0.0557. The summed E-state index contributed by atoms with van der Waals surface area (Å²) in [7, 11) is 0. The van der Waals surface area contributed by atoms with Crippen molar-refractivity contribution in [1.82, 2.24) is 9.80 Å². The molecule has 1 amide bonds. The zero-order valence-electron chi connectivity index (χ0n) is 23.5. The van der Waals surface area contributed by atoms with E-state index in [4.69, 9.17) is 9.47 Å². The number of hydrogen-bond donors (Lipinski definition) is 0. The van der Waals surface area contributed by atoms with Crippen molar-refractivity contribution in [2.24, 2.45) is 0 Å². The Balaban J connectivity index is 1.47. The molecule has 0 unspecified atom stereocenters. The minimum absolute atomic E-state index is 0.138. The lowest BCUT2D eigenvalue weighted by atomic mass is 10.0. The Hall–Kier alpha value is -3.41. The van der Waals surface area contributed by atoms with Crippen LogP contribution in [0.1, 0.15) is 57.2 Å². The van der Waals surface area contributed by atoms with Gasteiger partial charge in [-0.15, -0.1) is 0 Å². The van der Waals surface area contributed by atoms with E-state index in [1.54, 1.807) is 4.90 Å². The van der Waals surface area contributed by atoms with Gasteiger partial charge in [0.2, 0.25) is 0 Å². The number of ether oxygens (including phenoxy) is 2. The molecule has 0 bridgehead atoms. The molecule has 2 atom stereocenters. The Labute approximate surface area is 233 Å². The Morgan fingerprint density at radius 1 is 0.872 bits per heavy atom. The molecule has 39 heavy (non-hydrogen) atoms. The topological polar surface area (TPSA) is 42.0 Å². The SMILES string of the molecule is CC1(C)COC(C)(C)N1C(=O)O[C@@H]1CC[C@H](N(Cc2ccccc2)Cc2ccccc2)/C1=C/c1ccccc1. The maximum absolute atomic E-state index is 13.7. The third-order valence-corrected chi connectivity index (χ3v) is 7.84. The quantitative estimate of drug-likeness (QED) is 0.326. The van der Waals surface area contributed by atoms with E-state index in [2.05, 4.69) is 95.9 Å². The van der Waals surface area contributed by atoms with Crippen LogP contribution in [0.5, 0.6) is 0 Å². The largest absolute Gasteiger partial charge is 0.441 e. The summed E-state index contributed by atoms with van der Waals surface area (Å²) in [5, 5.41) is 0. The second kappa shape index (κ2) is 11.4. The van der Waals surface area contributed by atoms with Gasteiger partial charge in [-0.2, -0.15) is 0 Å². The Morgan fingerprint density at radius 2 is 1.41 bits per heavy atom. The molecule has 204 valence electrons. The predicted molar refractivity (Wildman–Crippen MR) is 156 cm³/mol. The van der Waals surface area contributed by atoms with Crippen molar-refractivity contribution in [2.75, 3.05) is 6.61 Å². The molecule has 5 heteroatoms. The summed E-state index contributed by atoms with van der Waals surface area (Å²) in [6, 6.07) is 31.7. The van der Waals surface area contributed by atoms with Crippen molar-refractivity contribution in [2.45, 2.75) is 77.0 Å². The fourth-order valence-electron chi connectivity index (χ4n) is 6.07. The molecule has 1 saturated heterocycles. The van der Waals surface area contributed by atoms with Crippen LogP contribution in [0, 0.1) is 0 Å². The molecular weight excluding hydrogens is 484 g/mol. The van der Waals surface area contributed by atoms with Gasteiger partial charge >= 0.3 is 6.09 Å². The van der Waals surface area contributed by atoms with Crippen LogP contribution < -0.4 is 0 Å². The first-order valence-electron chi connectivity index (χ1n) is 14.0. The van der Waals surface area contributed by atoms with Crippen molar-refractivity contribution < 1.29 is 14.3 Å². The van der Waals surface area contributed by atoms with Crippen LogP contribution >= 0.6 is 0 Å². The number of hydrogen-bond acceptors (Lipinski definition) is 4. The minimum atomic E-state index is -0.714. The average Bonchev–Trinajstić information content (AvgIpc) is 3.40. The number of benzene rings is 3. The number of carbonyl (C=O) groups is 1. The minimum Gasteiger partial charge on any atom is -0.441 e. The number of amides is 1. The average molecular weight is 525 g/mol. The molecule has 3 aromatic carbocycles. The molecule has 5 rings (SSSR count). The normalized spacial score (nSPS) is 22.9. The first-order chi connectivity index (χ1) is 18.7. The molecule has 1 aliphatic heterocycles. The van der Waals surface area contributed by atoms with E-state index < -0.39 is 11.3 Å².